The molecule has 0 aromatic heterocycles. The van der Waals surface area contributed by atoms with E-state index in [0.717, 1.165) is 43.2 Å². The quantitative estimate of drug-likeness (QED) is 0.0741. The molecular formula is C38H60O3. The zero-order valence-corrected chi connectivity index (χ0v) is 26.6. The van der Waals surface area contributed by atoms with Gasteiger partial charge in [-0.2, -0.15) is 0 Å². The van der Waals surface area contributed by atoms with Gasteiger partial charge in [0.15, 0.2) is 0 Å². The maximum Gasteiger partial charge on any atom is 0.347 e. The van der Waals surface area contributed by atoms with Gasteiger partial charge in [0.05, 0.1) is 0 Å². The lowest BCUT2D eigenvalue weighted by Gasteiger charge is -2.12. The largest absolute Gasteiger partial charge is 0.507 e. The Morgan fingerprint density at radius 1 is 0.537 bits per heavy atom. The highest BCUT2D eigenvalue weighted by atomic mass is 16.5. The number of carbonyl (C=O) groups is 1. The zero-order valence-electron chi connectivity index (χ0n) is 26.6. The maximum atomic E-state index is 13.0. The highest BCUT2D eigenvalue weighted by molar-refractivity contribution is 5.94. The predicted molar refractivity (Wildman–Crippen MR) is 175 cm³/mol. The van der Waals surface area contributed by atoms with E-state index in [0.29, 0.717) is 5.75 Å². The third-order valence-corrected chi connectivity index (χ3v) is 8.36. The van der Waals surface area contributed by atoms with Gasteiger partial charge in [-0.15, -0.1) is 0 Å². The van der Waals surface area contributed by atoms with E-state index in [1.165, 1.54) is 116 Å². The van der Waals surface area contributed by atoms with Gasteiger partial charge in [-0.05, 0) is 48.9 Å². The molecule has 3 nitrogen and oxygen atoms in total. The minimum Gasteiger partial charge on any atom is -0.507 e. The van der Waals surface area contributed by atoms with E-state index in [1.54, 1.807) is 6.07 Å². The molecule has 2 aromatic rings. The molecule has 2 rings (SSSR count). The van der Waals surface area contributed by atoms with Crippen LogP contribution in [0.4, 0.5) is 0 Å². The van der Waals surface area contributed by atoms with E-state index in [1.807, 2.05) is 30.3 Å². The summed E-state index contributed by atoms with van der Waals surface area (Å²) in [5.74, 6) is 0.217. The molecule has 0 radical (unpaired) electrons. The topological polar surface area (TPSA) is 46.5 Å². The fraction of sp³-hybridized carbons (Fsp3) is 0.658. The monoisotopic (exact) mass is 564 g/mol. The van der Waals surface area contributed by atoms with Crippen molar-refractivity contribution >= 4 is 5.97 Å². The van der Waals surface area contributed by atoms with Crippen LogP contribution in [0.15, 0.2) is 42.5 Å². The van der Waals surface area contributed by atoms with Gasteiger partial charge < -0.3 is 9.84 Å². The molecule has 0 amide bonds. The highest BCUT2D eigenvalue weighted by Gasteiger charge is 2.17. The van der Waals surface area contributed by atoms with E-state index in [-0.39, 0.29) is 11.3 Å². The van der Waals surface area contributed by atoms with Crippen LogP contribution in [0.5, 0.6) is 11.5 Å². The van der Waals surface area contributed by atoms with Gasteiger partial charge in [0, 0.05) is 0 Å². The number of phenols is 1. The summed E-state index contributed by atoms with van der Waals surface area (Å²) in [7, 11) is 0. The van der Waals surface area contributed by atoms with Gasteiger partial charge >= 0.3 is 5.97 Å². The van der Waals surface area contributed by atoms with Crippen LogP contribution < -0.4 is 4.74 Å². The number of rotatable bonds is 25. The number of aromatic hydroxyl groups is 1. The van der Waals surface area contributed by atoms with Crippen molar-refractivity contribution in [3.8, 4) is 11.5 Å². The lowest BCUT2D eigenvalue weighted by molar-refractivity contribution is 0.0729. The van der Waals surface area contributed by atoms with Crippen LogP contribution in [0.3, 0.4) is 0 Å². The number of aryl methyl sites for hydroxylation is 2. The summed E-state index contributed by atoms with van der Waals surface area (Å²) >= 11 is 0. The zero-order chi connectivity index (χ0) is 29.4. The second-order valence-electron chi connectivity index (χ2n) is 12.0. The summed E-state index contributed by atoms with van der Waals surface area (Å²) in [6.45, 7) is 4.52. The van der Waals surface area contributed by atoms with Gasteiger partial charge in [0.2, 0.25) is 0 Å². The second-order valence-corrected chi connectivity index (χ2v) is 12.0. The fourth-order valence-corrected chi connectivity index (χ4v) is 5.71. The van der Waals surface area contributed by atoms with Gasteiger partial charge in [-0.3, -0.25) is 0 Å². The Labute approximate surface area is 252 Å². The molecule has 41 heavy (non-hydrogen) atoms. The van der Waals surface area contributed by atoms with E-state index in [9.17, 15) is 9.90 Å². The lowest BCUT2D eigenvalue weighted by atomic mass is 10.0. The molecule has 0 aliphatic heterocycles. The standard InChI is InChI=1S/C38H60O3/c1-3-5-7-9-11-12-13-14-15-16-17-19-20-22-27-33-28-24-25-32-36(33)41-38(40)35-31-26-30-34(37(35)39)29-23-21-18-10-8-6-4-2/h24-26,28,30-32,39H,3-23,27,29H2,1-2H3. The molecule has 1 N–H and O–H groups in total. The first-order valence-corrected chi connectivity index (χ1v) is 17.3. The molecule has 230 valence electrons. The lowest BCUT2D eigenvalue weighted by Crippen LogP contribution is -2.11. The van der Waals surface area contributed by atoms with Crippen LogP contribution in [0.1, 0.15) is 170 Å². The number of para-hydroxylation sites is 2. The van der Waals surface area contributed by atoms with Crippen molar-refractivity contribution in [1.82, 2.24) is 0 Å². The van der Waals surface area contributed by atoms with Crippen molar-refractivity contribution in [2.45, 2.75) is 162 Å². The van der Waals surface area contributed by atoms with Gasteiger partial charge in [-0.25, -0.2) is 4.79 Å². The molecule has 3 heteroatoms. The molecule has 0 bridgehead atoms. The van der Waals surface area contributed by atoms with Crippen LogP contribution >= 0.6 is 0 Å². The second kappa shape index (κ2) is 23.3. The summed E-state index contributed by atoms with van der Waals surface area (Å²) in [6, 6.07) is 13.3. The first-order valence-electron chi connectivity index (χ1n) is 17.3. The van der Waals surface area contributed by atoms with E-state index >= 15 is 0 Å². The van der Waals surface area contributed by atoms with E-state index in [2.05, 4.69) is 19.9 Å². The molecule has 0 fully saturated rings. The van der Waals surface area contributed by atoms with Crippen LogP contribution in [-0.4, -0.2) is 11.1 Å². The Balaban J connectivity index is 1.67. The molecule has 2 aromatic carbocycles. The molecule has 0 spiro atoms. The first kappa shape index (κ1) is 34.9. The number of phenolic OH excluding ortho intramolecular Hbond substituents is 1. The van der Waals surface area contributed by atoms with E-state index < -0.39 is 5.97 Å². The molecule has 0 aliphatic rings. The van der Waals surface area contributed by atoms with Crippen molar-refractivity contribution in [2.75, 3.05) is 0 Å². The Morgan fingerprint density at radius 3 is 1.46 bits per heavy atom. The maximum absolute atomic E-state index is 13.0. The Hall–Kier alpha value is -2.29. The van der Waals surface area contributed by atoms with Gasteiger partial charge in [-0.1, -0.05) is 166 Å². The number of hydrogen-bond acceptors (Lipinski definition) is 3. The smallest absolute Gasteiger partial charge is 0.347 e. The Morgan fingerprint density at radius 2 is 0.951 bits per heavy atom. The number of benzene rings is 2. The molecule has 0 unspecified atom stereocenters. The number of unbranched alkanes of at least 4 members (excludes halogenated alkanes) is 19. The molecule has 0 saturated heterocycles. The normalized spacial score (nSPS) is 11.2. The highest BCUT2D eigenvalue weighted by Crippen LogP contribution is 2.28. The minimum atomic E-state index is -0.475. The first-order chi connectivity index (χ1) is 20.2. The van der Waals surface area contributed by atoms with Crippen LogP contribution in [0, 0.1) is 0 Å². The number of hydrogen-bond donors (Lipinski definition) is 1. The third-order valence-electron chi connectivity index (χ3n) is 8.36. The summed E-state index contributed by atoms with van der Waals surface area (Å²) in [6.07, 6.45) is 29.1. The molecule has 0 aliphatic carbocycles. The minimum absolute atomic E-state index is 0.0768. The average Bonchev–Trinajstić information content (AvgIpc) is 2.98. The van der Waals surface area contributed by atoms with E-state index in [4.69, 9.17) is 4.74 Å². The van der Waals surface area contributed by atoms with Crippen molar-refractivity contribution in [2.24, 2.45) is 0 Å². The average molecular weight is 565 g/mol. The number of ether oxygens (including phenoxy) is 1. The Bertz CT molecular complexity index is 935. The van der Waals surface area contributed by atoms with Crippen LogP contribution in [-0.2, 0) is 12.8 Å². The van der Waals surface area contributed by atoms with Gasteiger partial charge in [0.1, 0.15) is 17.1 Å². The van der Waals surface area contributed by atoms with Crippen LogP contribution in [0.2, 0.25) is 0 Å². The van der Waals surface area contributed by atoms with Crippen molar-refractivity contribution in [3.05, 3.63) is 59.2 Å². The number of carbonyl (C=O) groups excluding carboxylic acids is 1. The molecule has 0 saturated carbocycles. The fourth-order valence-electron chi connectivity index (χ4n) is 5.71. The van der Waals surface area contributed by atoms with Crippen molar-refractivity contribution in [1.29, 1.82) is 0 Å². The summed E-state index contributed by atoms with van der Waals surface area (Å²) in [5.41, 5.74) is 2.17. The SMILES string of the molecule is CCCCCCCCCCCCCCCCc1ccccc1OC(=O)c1cccc(CCCCCCCCC)c1O. The van der Waals surface area contributed by atoms with Crippen molar-refractivity contribution < 1.29 is 14.6 Å². The summed E-state index contributed by atoms with van der Waals surface area (Å²) in [5, 5.41) is 10.8. The molecule has 0 heterocycles. The predicted octanol–water partition coefficient (Wildman–Crippen LogP) is 11.9. The summed E-state index contributed by atoms with van der Waals surface area (Å²) in [4.78, 5) is 13.0. The van der Waals surface area contributed by atoms with Crippen molar-refractivity contribution in [3.63, 3.8) is 0 Å². The molecular weight excluding hydrogens is 504 g/mol. The van der Waals surface area contributed by atoms with Crippen LogP contribution in [0.25, 0.3) is 0 Å². The Kier molecular flexibility index (Phi) is 19.8. The summed E-state index contributed by atoms with van der Waals surface area (Å²) < 4.78 is 5.82. The third kappa shape index (κ3) is 15.5. The van der Waals surface area contributed by atoms with Gasteiger partial charge in [0.25, 0.3) is 0 Å². The number of esters is 1. The molecule has 0 atom stereocenters.